The summed E-state index contributed by atoms with van der Waals surface area (Å²) in [7, 11) is 2.00. The average molecular weight is 243 g/mol. The van der Waals surface area contributed by atoms with E-state index >= 15 is 0 Å². The summed E-state index contributed by atoms with van der Waals surface area (Å²) in [5, 5.41) is 9.06. The number of rotatable bonds is 6. The van der Waals surface area contributed by atoms with E-state index in [4.69, 9.17) is 9.84 Å². The van der Waals surface area contributed by atoms with Gasteiger partial charge in [0.05, 0.1) is 5.41 Å². The fourth-order valence-electron chi connectivity index (χ4n) is 2.26. The van der Waals surface area contributed by atoms with Gasteiger partial charge in [0.1, 0.15) is 0 Å². The summed E-state index contributed by atoms with van der Waals surface area (Å²) < 4.78 is 5.33. The van der Waals surface area contributed by atoms with Gasteiger partial charge >= 0.3 is 5.97 Å². The van der Waals surface area contributed by atoms with Crippen molar-refractivity contribution in [3.05, 3.63) is 0 Å². The summed E-state index contributed by atoms with van der Waals surface area (Å²) in [4.78, 5) is 13.1. The Morgan fingerprint density at radius 2 is 2.00 bits per heavy atom. The highest BCUT2D eigenvalue weighted by molar-refractivity contribution is 5.73. The lowest BCUT2D eigenvalue weighted by Crippen LogP contribution is -2.38. The fraction of sp³-hybridized carbons (Fsp3) is 0.923. The van der Waals surface area contributed by atoms with E-state index in [9.17, 15) is 4.79 Å². The number of carboxylic acid groups (broad SMARTS) is 1. The minimum Gasteiger partial charge on any atom is -0.481 e. The Labute approximate surface area is 104 Å². The molecule has 1 aliphatic rings. The maximum absolute atomic E-state index is 11.0. The number of nitrogens with zero attached hydrogens (tertiary/aromatic N) is 1. The molecule has 1 heterocycles. The van der Waals surface area contributed by atoms with Crippen molar-refractivity contribution in [1.82, 2.24) is 4.90 Å². The molecular weight excluding hydrogens is 218 g/mol. The molecule has 0 bridgehead atoms. The number of carbonyl (C=O) groups is 1. The summed E-state index contributed by atoms with van der Waals surface area (Å²) >= 11 is 0. The predicted octanol–water partition coefficient (Wildman–Crippen LogP) is 1.85. The van der Waals surface area contributed by atoms with Crippen molar-refractivity contribution in [2.75, 3.05) is 33.4 Å². The van der Waals surface area contributed by atoms with Crippen LogP contribution in [0.25, 0.3) is 0 Å². The molecule has 0 amide bonds. The van der Waals surface area contributed by atoms with Crippen molar-refractivity contribution < 1.29 is 14.6 Å². The van der Waals surface area contributed by atoms with Crippen molar-refractivity contribution in [3.8, 4) is 0 Å². The Kier molecular flexibility index (Phi) is 5.40. The Bertz CT molecular complexity index is 247. The van der Waals surface area contributed by atoms with Crippen LogP contribution in [0.3, 0.4) is 0 Å². The summed E-state index contributed by atoms with van der Waals surface area (Å²) in [6, 6.07) is 0. The Hall–Kier alpha value is -0.610. The van der Waals surface area contributed by atoms with Crippen LogP contribution in [0.1, 0.15) is 33.1 Å². The summed E-state index contributed by atoms with van der Waals surface area (Å²) in [6.07, 6.45) is 3.45. The van der Waals surface area contributed by atoms with E-state index in [1.165, 1.54) is 0 Å². The van der Waals surface area contributed by atoms with Crippen LogP contribution < -0.4 is 0 Å². The predicted molar refractivity (Wildman–Crippen MR) is 67.1 cm³/mol. The maximum Gasteiger partial charge on any atom is 0.310 e. The monoisotopic (exact) mass is 243 g/mol. The van der Waals surface area contributed by atoms with Gasteiger partial charge in [-0.25, -0.2) is 0 Å². The van der Waals surface area contributed by atoms with Crippen molar-refractivity contribution in [1.29, 1.82) is 0 Å². The van der Waals surface area contributed by atoms with Gasteiger partial charge in [0, 0.05) is 19.8 Å². The van der Waals surface area contributed by atoms with E-state index in [1.807, 2.05) is 7.05 Å². The molecule has 4 heteroatoms. The molecule has 0 unspecified atom stereocenters. The molecule has 0 saturated carbocycles. The Balaban J connectivity index is 2.24. The highest BCUT2D eigenvalue weighted by atomic mass is 16.5. The minimum absolute atomic E-state index is 0.603. The van der Waals surface area contributed by atoms with E-state index in [0.717, 1.165) is 44.9 Å². The van der Waals surface area contributed by atoms with Gasteiger partial charge in [-0.3, -0.25) is 4.79 Å². The Morgan fingerprint density at radius 3 is 2.53 bits per heavy atom. The molecule has 4 nitrogen and oxygen atoms in total. The van der Waals surface area contributed by atoms with Crippen LogP contribution in [-0.4, -0.2) is 49.3 Å². The molecule has 1 N–H and O–H groups in total. The van der Waals surface area contributed by atoms with Crippen LogP contribution in [0.2, 0.25) is 0 Å². The summed E-state index contributed by atoms with van der Waals surface area (Å²) in [6.45, 7) is 6.90. The first-order valence-electron chi connectivity index (χ1n) is 6.41. The molecule has 0 aromatic carbocycles. The molecule has 1 fully saturated rings. The summed E-state index contributed by atoms with van der Waals surface area (Å²) in [5.74, 6) is 0.0227. The van der Waals surface area contributed by atoms with Gasteiger partial charge in [0.15, 0.2) is 0 Å². The largest absolute Gasteiger partial charge is 0.481 e. The number of hydrogen-bond donors (Lipinski definition) is 1. The van der Waals surface area contributed by atoms with Crippen molar-refractivity contribution in [3.63, 3.8) is 0 Å². The minimum atomic E-state index is -0.726. The summed E-state index contributed by atoms with van der Waals surface area (Å²) in [5.41, 5.74) is -0.662. The van der Waals surface area contributed by atoms with Gasteiger partial charge < -0.3 is 14.7 Å². The number of aliphatic carboxylic acids is 1. The molecule has 1 aliphatic heterocycles. The molecule has 1 rings (SSSR count). The molecule has 0 aromatic heterocycles. The van der Waals surface area contributed by atoms with Crippen molar-refractivity contribution in [2.24, 2.45) is 11.3 Å². The molecule has 0 atom stereocenters. The van der Waals surface area contributed by atoms with Crippen LogP contribution in [0.5, 0.6) is 0 Å². The van der Waals surface area contributed by atoms with Gasteiger partial charge in [0.2, 0.25) is 0 Å². The van der Waals surface area contributed by atoms with E-state index < -0.39 is 11.4 Å². The highest BCUT2D eigenvalue weighted by Gasteiger charge is 2.28. The van der Waals surface area contributed by atoms with E-state index in [0.29, 0.717) is 6.54 Å². The third kappa shape index (κ3) is 5.04. The molecule has 0 radical (unpaired) electrons. The Morgan fingerprint density at radius 1 is 1.41 bits per heavy atom. The molecule has 0 aromatic rings. The first-order chi connectivity index (χ1) is 7.92. The van der Waals surface area contributed by atoms with Gasteiger partial charge in [-0.2, -0.15) is 0 Å². The highest BCUT2D eigenvalue weighted by Crippen LogP contribution is 2.20. The molecule has 0 spiro atoms. The number of carboxylic acids is 1. The molecule has 1 saturated heterocycles. The first kappa shape index (κ1) is 14.5. The van der Waals surface area contributed by atoms with Crippen molar-refractivity contribution in [2.45, 2.75) is 33.1 Å². The molecule has 0 aliphatic carbocycles. The van der Waals surface area contributed by atoms with Crippen LogP contribution in [0, 0.1) is 11.3 Å². The van der Waals surface area contributed by atoms with Crippen molar-refractivity contribution >= 4 is 5.97 Å². The van der Waals surface area contributed by atoms with Crippen LogP contribution in [0.15, 0.2) is 0 Å². The van der Waals surface area contributed by atoms with Gasteiger partial charge in [-0.15, -0.1) is 0 Å². The van der Waals surface area contributed by atoms with E-state index in [-0.39, 0.29) is 0 Å². The lowest BCUT2D eigenvalue weighted by Gasteiger charge is -2.29. The zero-order valence-electron chi connectivity index (χ0n) is 11.2. The number of hydrogen-bond acceptors (Lipinski definition) is 3. The standard InChI is InChI=1S/C13H25NO3/c1-13(2,12(15)16)10-14(3)7-4-11-5-8-17-9-6-11/h11H,4-10H2,1-3H3,(H,15,16). The van der Waals surface area contributed by atoms with Crippen LogP contribution in [0.4, 0.5) is 0 Å². The lowest BCUT2D eigenvalue weighted by molar-refractivity contribution is -0.147. The number of ether oxygens (including phenoxy) is 1. The fourth-order valence-corrected chi connectivity index (χ4v) is 2.26. The maximum atomic E-state index is 11.0. The zero-order chi connectivity index (χ0) is 12.9. The topological polar surface area (TPSA) is 49.8 Å². The first-order valence-corrected chi connectivity index (χ1v) is 6.41. The van der Waals surface area contributed by atoms with Crippen LogP contribution in [-0.2, 0) is 9.53 Å². The molecular formula is C13H25NO3. The SMILES string of the molecule is CN(CCC1CCOCC1)CC(C)(C)C(=O)O. The van der Waals surface area contributed by atoms with E-state index in [2.05, 4.69) is 4.90 Å². The smallest absolute Gasteiger partial charge is 0.310 e. The third-order valence-corrected chi connectivity index (χ3v) is 3.50. The third-order valence-electron chi connectivity index (χ3n) is 3.50. The average Bonchev–Trinajstić information content (AvgIpc) is 2.27. The zero-order valence-corrected chi connectivity index (χ0v) is 11.2. The quantitative estimate of drug-likeness (QED) is 0.773. The second kappa shape index (κ2) is 6.36. The second-order valence-electron chi connectivity index (χ2n) is 5.77. The van der Waals surface area contributed by atoms with Gasteiger partial charge in [-0.05, 0) is 52.6 Å². The lowest BCUT2D eigenvalue weighted by atomic mass is 9.92. The van der Waals surface area contributed by atoms with Gasteiger partial charge in [-0.1, -0.05) is 0 Å². The van der Waals surface area contributed by atoms with Gasteiger partial charge in [0.25, 0.3) is 0 Å². The normalized spacial score (nSPS) is 18.6. The van der Waals surface area contributed by atoms with E-state index in [1.54, 1.807) is 13.8 Å². The van der Waals surface area contributed by atoms with Crippen LogP contribution >= 0.6 is 0 Å². The second-order valence-corrected chi connectivity index (χ2v) is 5.77. The molecule has 100 valence electrons. The molecule has 17 heavy (non-hydrogen) atoms.